The molecule has 1 fully saturated rings. The van der Waals surface area contributed by atoms with Gasteiger partial charge in [0, 0.05) is 26.1 Å². The fourth-order valence-corrected chi connectivity index (χ4v) is 3.92. The number of benzene rings is 2. The Morgan fingerprint density at radius 2 is 1.97 bits per heavy atom. The molecule has 1 amide bonds. The molecule has 1 aromatic heterocycles. The van der Waals surface area contributed by atoms with E-state index in [1.54, 1.807) is 28.6 Å². The molecule has 0 bridgehead atoms. The molecular weight excluding hydrogens is 371 g/mol. The van der Waals surface area contributed by atoms with E-state index in [2.05, 4.69) is 5.10 Å². The number of hydrogen-bond donors (Lipinski definition) is 0. The number of rotatable bonds is 4. The summed E-state index contributed by atoms with van der Waals surface area (Å²) in [4.78, 5) is 27.3. The van der Waals surface area contributed by atoms with Crippen molar-refractivity contribution in [3.05, 3.63) is 82.3 Å². The lowest BCUT2D eigenvalue weighted by Crippen LogP contribution is -2.40. The van der Waals surface area contributed by atoms with Crippen molar-refractivity contribution in [1.29, 1.82) is 0 Å². The summed E-state index contributed by atoms with van der Waals surface area (Å²) >= 11 is 0. The highest BCUT2D eigenvalue weighted by molar-refractivity contribution is 5.79. The second-order valence-corrected chi connectivity index (χ2v) is 7.42. The lowest BCUT2D eigenvalue weighted by Gasteiger charge is -2.32. The van der Waals surface area contributed by atoms with Crippen molar-refractivity contribution in [1.82, 2.24) is 19.2 Å². The molecule has 6 nitrogen and oxygen atoms in total. The van der Waals surface area contributed by atoms with Crippen molar-refractivity contribution in [3.8, 4) is 5.69 Å². The van der Waals surface area contributed by atoms with Crippen LogP contribution >= 0.6 is 0 Å². The minimum Gasteiger partial charge on any atom is -0.342 e. The number of para-hydroxylation sites is 1. The van der Waals surface area contributed by atoms with Crippen LogP contribution in [0.3, 0.4) is 0 Å². The van der Waals surface area contributed by atoms with E-state index in [9.17, 15) is 14.0 Å². The molecule has 0 radical (unpaired) electrons. The van der Waals surface area contributed by atoms with Crippen LogP contribution in [0.25, 0.3) is 5.69 Å². The van der Waals surface area contributed by atoms with Gasteiger partial charge in [-0.2, -0.15) is 5.10 Å². The van der Waals surface area contributed by atoms with E-state index < -0.39 is 0 Å². The summed E-state index contributed by atoms with van der Waals surface area (Å²) in [5.74, 6) is 0.262. The Morgan fingerprint density at radius 1 is 1.17 bits per heavy atom. The van der Waals surface area contributed by atoms with Crippen LogP contribution in [0.5, 0.6) is 0 Å². The number of hydrogen-bond acceptors (Lipinski definition) is 3. The normalized spacial score (nSPS) is 16.8. The maximum Gasteiger partial charge on any atom is 0.350 e. The number of carbonyl (C=O) groups is 1. The number of amides is 1. The quantitative estimate of drug-likeness (QED) is 0.684. The summed E-state index contributed by atoms with van der Waals surface area (Å²) in [5.41, 5.74) is 1.23. The average molecular weight is 394 g/mol. The Kier molecular flexibility index (Phi) is 5.29. The van der Waals surface area contributed by atoms with E-state index in [1.165, 1.54) is 16.8 Å². The van der Waals surface area contributed by atoms with Crippen LogP contribution in [0.1, 0.15) is 30.1 Å². The second-order valence-electron chi connectivity index (χ2n) is 7.42. The van der Waals surface area contributed by atoms with Crippen LogP contribution in [0.15, 0.2) is 59.4 Å². The first-order valence-corrected chi connectivity index (χ1v) is 9.76. The largest absolute Gasteiger partial charge is 0.350 e. The van der Waals surface area contributed by atoms with Gasteiger partial charge in [-0.05, 0) is 42.7 Å². The highest BCUT2D eigenvalue weighted by Crippen LogP contribution is 2.27. The fraction of sp³-hybridized carbons (Fsp3) is 0.318. The van der Waals surface area contributed by atoms with Gasteiger partial charge in [0.25, 0.3) is 0 Å². The first-order chi connectivity index (χ1) is 14.0. The number of carbonyl (C=O) groups excluding carboxylic acids is 1. The highest BCUT2D eigenvalue weighted by Gasteiger charge is 2.29. The van der Waals surface area contributed by atoms with Crippen LogP contribution in [0.4, 0.5) is 4.39 Å². The van der Waals surface area contributed by atoms with Crippen molar-refractivity contribution in [2.75, 3.05) is 13.1 Å². The fourth-order valence-electron chi connectivity index (χ4n) is 3.92. The topological polar surface area (TPSA) is 60.1 Å². The first kappa shape index (κ1) is 19.1. The molecular formula is C22H23FN4O2. The Bertz CT molecular complexity index is 1070. The van der Waals surface area contributed by atoms with Crippen LogP contribution in [0.2, 0.25) is 0 Å². The van der Waals surface area contributed by atoms with Crippen LogP contribution < -0.4 is 5.69 Å². The van der Waals surface area contributed by atoms with Gasteiger partial charge in [-0.25, -0.2) is 18.4 Å². The summed E-state index contributed by atoms with van der Waals surface area (Å²) in [6.45, 7) is 1.16. The number of aromatic nitrogens is 3. The van der Waals surface area contributed by atoms with E-state index in [0.717, 1.165) is 18.5 Å². The zero-order valence-electron chi connectivity index (χ0n) is 16.3. The molecule has 4 rings (SSSR count). The van der Waals surface area contributed by atoms with Crippen LogP contribution in [-0.2, 0) is 18.3 Å². The molecule has 2 aromatic carbocycles. The number of piperidine rings is 1. The molecule has 1 aliphatic rings. The summed E-state index contributed by atoms with van der Waals surface area (Å²) in [6, 6.07) is 15.6. The Labute approximate surface area is 168 Å². The third-order valence-corrected chi connectivity index (χ3v) is 5.35. The lowest BCUT2D eigenvalue weighted by molar-refractivity contribution is -0.131. The molecule has 2 heterocycles. The van der Waals surface area contributed by atoms with Gasteiger partial charge in [-0.1, -0.05) is 30.3 Å². The molecule has 7 heteroatoms. The maximum absolute atomic E-state index is 13.4. The molecule has 0 spiro atoms. The summed E-state index contributed by atoms with van der Waals surface area (Å²) in [5, 5.41) is 4.48. The maximum atomic E-state index is 13.4. The summed E-state index contributed by atoms with van der Waals surface area (Å²) in [7, 11) is 1.64. The molecule has 1 unspecified atom stereocenters. The smallest absolute Gasteiger partial charge is 0.342 e. The van der Waals surface area contributed by atoms with Crippen molar-refractivity contribution in [3.63, 3.8) is 0 Å². The molecule has 150 valence electrons. The van der Waals surface area contributed by atoms with Crippen LogP contribution in [-0.4, -0.2) is 38.2 Å². The van der Waals surface area contributed by atoms with Gasteiger partial charge in [-0.15, -0.1) is 0 Å². The molecule has 0 saturated carbocycles. The first-order valence-electron chi connectivity index (χ1n) is 9.76. The van der Waals surface area contributed by atoms with E-state index in [0.29, 0.717) is 24.5 Å². The zero-order valence-corrected chi connectivity index (χ0v) is 16.3. The SMILES string of the molecule is Cn1nc(C2CCCN(C(=O)Cc3cccc(F)c3)C2)n(-c2ccccc2)c1=O. The standard InChI is InChI=1S/C22H23FN4O2/c1-25-22(29)27(19-10-3-2-4-11-19)21(24-25)17-8-6-12-26(15-17)20(28)14-16-7-5-9-18(23)13-16/h2-5,7,9-11,13,17H,6,8,12,14-15H2,1H3. The molecule has 0 N–H and O–H groups in total. The van der Waals surface area contributed by atoms with E-state index in [-0.39, 0.29) is 29.8 Å². The molecule has 29 heavy (non-hydrogen) atoms. The van der Waals surface area contributed by atoms with E-state index in [1.807, 2.05) is 30.3 Å². The van der Waals surface area contributed by atoms with Crippen molar-refractivity contribution < 1.29 is 9.18 Å². The number of likely N-dealkylation sites (tertiary alicyclic amines) is 1. The van der Waals surface area contributed by atoms with Gasteiger partial charge in [0.1, 0.15) is 11.6 Å². The summed E-state index contributed by atoms with van der Waals surface area (Å²) in [6.07, 6.45) is 1.85. The molecule has 1 atom stereocenters. The van der Waals surface area contributed by atoms with Gasteiger partial charge in [0.2, 0.25) is 5.91 Å². The average Bonchev–Trinajstić information content (AvgIpc) is 3.03. The van der Waals surface area contributed by atoms with Gasteiger partial charge in [0.15, 0.2) is 0 Å². The summed E-state index contributed by atoms with van der Waals surface area (Å²) < 4.78 is 16.4. The predicted molar refractivity (Wildman–Crippen MR) is 107 cm³/mol. The van der Waals surface area contributed by atoms with Crippen molar-refractivity contribution in [2.45, 2.75) is 25.2 Å². The molecule has 0 aliphatic carbocycles. The Hall–Kier alpha value is -3.22. The monoisotopic (exact) mass is 394 g/mol. The van der Waals surface area contributed by atoms with Gasteiger partial charge >= 0.3 is 5.69 Å². The number of aryl methyl sites for hydroxylation is 1. The van der Waals surface area contributed by atoms with Gasteiger partial charge in [0.05, 0.1) is 12.1 Å². The minimum atomic E-state index is -0.341. The third-order valence-electron chi connectivity index (χ3n) is 5.35. The molecule has 3 aromatic rings. The van der Waals surface area contributed by atoms with Crippen molar-refractivity contribution in [2.24, 2.45) is 7.05 Å². The molecule has 1 aliphatic heterocycles. The van der Waals surface area contributed by atoms with Gasteiger partial charge < -0.3 is 4.90 Å². The van der Waals surface area contributed by atoms with Crippen LogP contribution in [0, 0.1) is 5.82 Å². The minimum absolute atomic E-state index is 0.0330. The Morgan fingerprint density at radius 3 is 2.72 bits per heavy atom. The Balaban J connectivity index is 1.57. The second kappa shape index (κ2) is 8.03. The third kappa shape index (κ3) is 3.99. The highest BCUT2D eigenvalue weighted by atomic mass is 19.1. The predicted octanol–water partition coefficient (Wildman–Crippen LogP) is 2.66. The zero-order chi connectivity index (χ0) is 20.4. The lowest BCUT2D eigenvalue weighted by atomic mass is 9.96. The number of nitrogens with zero attached hydrogens (tertiary/aromatic N) is 4. The van der Waals surface area contributed by atoms with E-state index >= 15 is 0 Å². The number of halogens is 1. The van der Waals surface area contributed by atoms with E-state index in [4.69, 9.17) is 0 Å². The molecule has 1 saturated heterocycles. The van der Waals surface area contributed by atoms with Crippen molar-refractivity contribution >= 4 is 5.91 Å². The van der Waals surface area contributed by atoms with Gasteiger partial charge in [-0.3, -0.25) is 4.79 Å².